The molecule has 0 saturated carbocycles. The molecule has 18 heavy (non-hydrogen) atoms. The van der Waals surface area contributed by atoms with Crippen LogP contribution < -0.4 is 10.5 Å². The molecule has 6 heteroatoms. The van der Waals surface area contributed by atoms with Gasteiger partial charge in [-0.1, -0.05) is 23.2 Å². The Morgan fingerprint density at radius 2 is 1.83 bits per heavy atom. The van der Waals surface area contributed by atoms with E-state index in [0.29, 0.717) is 15.2 Å². The number of benzene rings is 2. The Kier molecular flexibility index (Phi) is 4.00. The Morgan fingerprint density at radius 3 is 2.50 bits per heavy atom. The van der Waals surface area contributed by atoms with Crippen molar-refractivity contribution < 1.29 is 9.13 Å². The van der Waals surface area contributed by atoms with E-state index in [4.69, 9.17) is 33.7 Å². The van der Waals surface area contributed by atoms with E-state index in [2.05, 4.69) is 15.9 Å². The number of nitrogen functional groups attached to an aromatic ring is 1. The van der Waals surface area contributed by atoms with Gasteiger partial charge in [-0.05, 0) is 40.2 Å². The number of hydrogen-bond acceptors (Lipinski definition) is 2. The predicted octanol–water partition coefficient (Wildman–Crippen LogP) is 5.27. The van der Waals surface area contributed by atoms with E-state index in [9.17, 15) is 4.39 Å². The molecule has 0 bridgehead atoms. The van der Waals surface area contributed by atoms with Gasteiger partial charge < -0.3 is 10.5 Å². The first-order valence-corrected chi connectivity index (χ1v) is 6.39. The van der Waals surface area contributed by atoms with E-state index in [0.717, 1.165) is 6.07 Å². The maximum absolute atomic E-state index is 13.3. The van der Waals surface area contributed by atoms with E-state index in [1.54, 1.807) is 18.2 Å². The molecule has 0 fully saturated rings. The fourth-order valence-electron chi connectivity index (χ4n) is 1.31. The van der Waals surface area contributed by atoms with Gasteiger partial charge in [-0.15, -0.1) is 0 Å². The number of ether oxygens (including phenoxy) is 1. The number of nitrogens with two attached hydrogens (primary N) is 1. The zero-order chi connectivity index (χ0) is 13.3. The standard InChI is InChI=1S/C12H7BrCl2FNO/c13-7-3-6(14)1-2-11(7)18-12-5-9(16)8(15)4-10(12)17/h1-5H,17H2. The molecule has 0 spiro atoms. The van der Waals surface area contributed by atoms with Crippen molar-refractivity contribution in [2.45, 2.75) is 0 Å². The molecule has 94 valence electrons. The van der Waals surface area contributed by atoms with Gasteiger partial charge in [0.2, 0.25) is 0 Å². The van der Waals surface area contributed by atoms with Crippen LogP contribution >= 0.6 is 39.1 Å². The summed E-state index contributed by atoms with van der Waals surface area (Å²) in [7, 11) is 0. The van der Waals surface area contributed by atoms with Crippen molar-refractivity contribution in [1.29, 1.82) is 0 Å². The van der Waals surface area contributed by atoms with Crippen LogP contribution in [-0.2, 0) is 0 Å². The third-order valence-electron chi connectivity index (χ3n) is 2.17. The van der Waals surface area contributed by atoms with Crippen LogP contribution in [0.2, 0.25) is 10.0 Å². The largest absolute Gasteiger partial charge is 0.454 e. The second kappa shape index (κ2) is 5.34. The van der Waals surface area contributed by atoms with Crippen molar-refractivity contribution >= 4 is 44.8 Å². The van der Waals surface area contributed by atoms with Gasteiger partial charge >= 0.3 is 0 Å². The summed E-state index contributed by atoms with van der Waals surface area (Å²) >= 11 is 14.7. The minimum atomic E-state index is -0.592. The molecule has 2 N–H and O–H groups in total. The van der Waals surface area contributed by atoms with Crippen molar-refractivity contribution in [2.24, 2.45) is 0 Å². The summed E-state index contributed by atoms with van der Waals surface area (Å²) < 4.78 is 19.5. The van der Waals surface area contributed by atoms with Gasteiger partial charge in [0.15, 0.2) is 5.75 Å². The maximum atomic E-state index is 13.3. The lowest BCUT2D eigenvalue weighted by Gasteiger charge is -2.10. The average molecular weight is 351 g/mol. The van der Waals surface area contributed by atoms with Crippen LogP contribution in [0.3, 0.4) is 0 Å². The predicted molar refractivity (Wildman–Crippen MR) is 75.0 cm³/mol. The summed E-state index contributed by atoms with van der Waals surface area (Å²) in [6.07, 6.45) is 0. The van der Waals surface area contributed by atoms with Crippen molar-refractivity contribution in [3.63, 3.8) is 0 Å². The van der Waals surface area contributed by atoms with Crippen LogP contribution in [0.1, 0.15) is 0 Å². The SMILES string of the molecule is Nc1cc(Cl)c(F)cc1Oc1ccc(Cl)cc1Br. The summed E-state index contributed by atoms with van der Waals surface area (Å²) in [6, 6.07) is 7.41. The summed E-state index contributed by atoms with van der Waals surface area (Å²) in [5.74, 6) is 0.0821. The number of halogens is 4. The quantitative estimate of drug-likeness (QED) is 0.749. The molecule has 2 nitrogen and oxygen atoms in total. The van der Waals surface area contributed by atoms with Crippen LogP contribution in [0.25, 0.3) is 0 Å². The minimum absolute atomic E-state index is 0.0463. The molecule has 2 aromatic rings. The molecule has 0 radical (unpaired) electrons. The van der Waals surface area contributed by atoms with Crippen LogP contribution in [-0.4, -0.2) is 0 Å². The summed E-state index contributed by atoms with van der Waals surface area (Å²) in [5, 5.41) is 0.513. The van der Waals surface area contributed by atoms with Gasteiger partial charge in [0.25, 0.3) is 0 Å². The maximum Gasteiger partial charge on any atom is 0.153 e. The zero-order valence-corrected chi connectivity index (χ0v) is 12.0. The highest BCUT2D eigenvalue weighted by Crippen LogP contribution is 2.36. The van der Waals surface area contributed by atoms with Crippen molar-refractivity contribution in [1.82, 2.24) is 0 Å². The Morgan fingerprint density at radius 1 is 1.11 bits per heavy atom. The Hall–Kier alpha value is -0.970. The number of hydrogen-bond donors (Lipinski definition) is 1. The summed E-state index contributed by atoms with van der Waals surface area (Å²) in [6.45, 7) is 0. The van der Waals surface area contributed by atoms with Crippen LogP contribution in [0.4, 0.5) is 10.1 Å². The zero-order valence-electron chi connectivity index (χ0n) is 8.88. The molecule has 0 atom stereocenters. The first-order chi connectivity index (χ1) is 8.47. The first kappa shape index (κ1) is 13.5. The topological polar surface area (TPSA) is 35.2 Å². The second-order valence-electron chi connectivity index (χ2n) is 3.48. The summed E-state index contributed by atoms with van der Waals surface area (Å²) in [4.78, 5) is 0. The van der Waals surface area contributed by atoms with E-state index < -0.39 is 5.82 Å². The van der Waals surface area contributed by atoms with Gasteiger partial charge in [-0.2, -0.15) is 0 Å². The Labute approximate surface area is 122 Å². The highest BCUT2D eigenvalue weighted by molar-refractivity contribution is 9.10. The van der Waals surface area contributed by atoms with Crippen molar-refractivity contribution in [3.05, 3.63) is 50.7 Å². The van der Waals surface area contributed by atoms with Gasteiger partial charge in [-0.25, -0.2) is 4.39 Å². The molecule has 0 heterocycles. The van der Waals surface area contributed by atoms with Crippen molar-refractivity contribution in [2.75, 3.05) is 5.73 Å². The van der Waals surface area contributed by atoms with E-state index >= 15 is 0 Å². The lowest BCUT2D eigenvalue weighted by molar-refractivity contribution is 0.476. The fourth-order valence-corrected chi connectivity index (χ4v) is 2.24. The minimum Gasteiger partial charge on any atom is -0.454 e. The van der Waals surface area contributed by atoms with Gasteiger partial charge in [0.05, 0.1) is 15.2 Å². The monoisotopic (exact) mass is 349 g/mol. The molecule has 0 saturated heterocycles. The van der Waals surface area contributed by atoms with Crippen LogP contribution in [0.15, 0.2) is 34.8 Å². The molecule has 0 aliphatic carbocycles. The molecule has 2 rings (SSSR count). The third-order valence-corrected chi connectivity index (χ3v) is 3.31. The number of rotatable bonds is 2. The smallest absolute Gasteiger partial charge is 0.153 e. The van der Waals surface area contributed by atoms with E-state index in [1.165, 1.54) is 6.07 Å². The lowest BCUT2D eigenvalue weighted by Crippen LogP contribution is -1.94. The lowest BCUT2D eigenvalue weighted by atomic mass is 10.3. The molecule has 0 aliphatic rings. The van der Waals surface area contributed by atoms with Gasteiger partial charge in [0.1, 0.15) is 11.6 Å². The second-order valence-corrected chi connectivity index (χ2v) is 5.18. The summed E-state index contributed by atoms with van der Waals surface area (Å²) in [5.41, 5.74) is 5.95. The average Bonchev–Trinajstić information content (AvgIpc) is 2.29. The Bertz CT molecular complexity index is 607. The van der Waals surface area contributed by atoms with Crippen LogP contribution in [0.5, 0.6) is 11.5 Å². The van der Waals surface area contributed by atoms with Crippen LogP contribution in [0, 0.1) is 5.82 Å². The third kappa shape index (κ3) is 2.88. The molecule has 0 amide bonds. The fraction of sp³-hybridized carbons (Fsp3) is 0. The van der Waals surface area contributed by atoms with Gasteiger partial charge in [-0.3, -0.25) is 0 Å². The molecular weight excluding hydrogens is 344 g/mol. The Balaban J connectivity index is 2.37. The van der Waals surface area contributed by atoms with Gasteiger partial charge in [0, 0.05) is 11.1 Å². The highest BCUT2D eigenvalue weighted by Gasteiger charge is 2.10. The molecule has 0 aliphatic heterocycles. The highest BCUT2D eigenvalue weighted by atomic mass is 79.9. The molecule has 2 aromatic carbocycles. The molecular formula is C12H7BrCl2FNO. The van der Waals surface area contributed by atoms with Crippen molar-refractivity contribution in [3.8, 4) is 11.5 Å². The van der Waals surface area contributed by atoms with E-state index in [1.807, 2.05) is 0 Å². The van der Waals surface area contributed by atoms with E-state index in [-0.39, 0.29) is 16.5 Å². The normalized spacial score (nSPS) is 10.4. The molecule has 0 unspecified atom stereocenters. The molecule has 0 aromatic heterocycles. The number of anilines is 1. The first-order valence-electron chi connectivity index (χ1n) is 4.85.